The summed E-state index contributed by atoms with van der Waals surface area (Å²) >= 11 is 0. The number of hydrogen-bond donors (Lipinski definition) is 2. The number of benzene rings is 3. The molecule has 41 heavy (non-hydrogen) atoms. The molecule has 0 bridgehead atoms. The molecule has 0 saturated carbocycles. The SMILES string of the molecule is Cn1nc(CCO)c2c1COCCCCn1c(C(=O)O)c(CCCOc3cccc4ccccc34)c3cccc-2c31. The number of aromatic nitrogens is 3. The zero-order valence-corrected chi connectivity index (χ0v) is 23.3. The second kappa shape index (κ2) is 11.8. The number of aromatic carboxylic acids is 1. The Morgan fingerprint density at radius 3 is 2.68 bits per heavy atom. The first-order valence-electron chi connectivity index (χ1n) is 14.3. The second-order valence-corrected chi connectivity index (χ2v) is 10.5. The Kier molecular flexibility index (Phi) is 7.76. The van der Waals surface area contributed by atoms with E-state index in [9.17, 15) is 15.0 Å². The molecule has 3 aromatic carbocycles. The molecule has 1 aliphatic rings. The Morgan fingerprint density at radius 1 is 1.02 bits per heavy atom. The lowest BCUT2D eigenvalue weighted by molar-refractivity contribution is 0.0683. The number of aliphatic hydroxyl groups excluding tert-OH is 1. The molecule has 6 rings (SSSR count). The number of carboxylic acid groups (broad SMARTS) is 1. The first-order chi connectivity index (χ1) is 20.1. The van der Waals surface area contributed by atoms with E-state index in [4.69, 9.17) is 14.6 Å². The van der Waals surface area contributed by atoms with Gasteiger partial charge in [-0.05, 0) is 42.7 Å². The number of hydrogen-bond acceptors (Lipinski definition) is 5. The van der Waals surface area contributed by atoms with Gasteiger partial charge in [0.15, 0.2) is 0 Å². The van der Waals surface area contributed by atoms with Crippen LogP contribution in [0.1, 0.15) is 46.7 Å². The highest BCUT2D eigenvalue weighted by Crippen LogP contribution is 2.39. The predicted octanol–water partition coefficient (Wildman–Crippen LogP) is 5.75. The summed E-state index contributed by atoms with van der Waals surface area (Å²) < 4.78 is 16.0. The van der Waals surface area contributed by atoms with E-state index in [1.807, 2.05) is 58.8 Å². The molecule has 0 radical (unpaired) electrons. The largest absolute Gasteiger partial charge is 0.493 e. The quantitative estimate of drug-likeness (QED) is 0.238. The molecule has 2 N–H and O–H groups in total. The van der Waals surface area contributed by atoms with Crippen LogP contribution in [0.25, 0.3) is 32.8 Å². The molecule has 0 fully saturated rings. The fourth-order valence-electron chi connectivity index (χ4n) is 6.18. The second-order valence-electron chi connectivity index (χ2n) is 10.5. The highest BCUT2D eigenvalue weighted by molar-refractivity contribution is 6.04. The monoisotopic (exact) mass is 553 g/mol. The van der Waals surface area contributed by atoms with Crippen LogP contribution in [0.2, 0.25) is 0 Å². The number of rotatable bonds is 8. The van der Waals surface area contributed by atoms with Crippen LogP contribution in [0.5, 0.6) is 5.75 Å². The lowest BCUT2D eigenvalue weighted by Crippen LogP contribution is -2.12. The summed E-state index contributed by atoms with van der Waals surface area (Å²) in [4.78, 5) is 12.8. The zero-order chi connectivity index (χ0) is 28.3. The molecule has 1 aliphatic heterocycles. The average Bonchev–Trinajstić information content (AvgIpc) is 3.45. The number of para-hydroxylation sites is 1. The van der Waals surface area contributed by atoms with Crippen LogP contribution in [-0.2, 0) is 37.8 Å². The van der Waals surface area contributed by atoms with Gasteiger partial charge in [-0.1, -0.05) is 54.6 Å². The molecule has 8 nitrogen and oxygen atoms in total. The van der Waals surface area contributed by atoms with Gasteiger partial charge in [-0.3, -0.25) is 4.68 Å². The van der Waals surface area contributed by atoms with Crippen molar-refractivity contribution >= 4 is 27.6 Å². The Hall–Kier alpha value is -4.14. The van der Waals surface area contributed by atoms with E-state index >= 15 is 0 Å². The Morgan fingerprint density at radius 2 is 1.83 bits per heavy atom. The van der Waals surface area contributed by atoms with Gasteiger partial charge in [-0.2, -0.15) is 5.10 Å². The van der Waals surface area contributed by atoms with Gasteiger partial charge in [0.1, 0.15) is 11.4 Å². The van der Waals surface area contributed by atoms with Gasteiger partial charge >= 0.3 is 5.97 Å². The molecule has 2 aromatic heterocycles. The lowest BCUT2D eigenvalue weighted by atomic mass is 9.97. The van der Waals surface area contributed by atoms with Crippen molar-refractivity contribution in [2.75, 3.05) is 19.8 Å². The van der Waals surface area contributed by atoms with E-state index < -0.39 is 5.97 Å². The zero-order valence-electron chi connectivity index (χ0n) is 23.3. The van der Waals surface area contributed by atoms with Crippen molar-refractivity contribution < 1.29 is 24.5 Å². The van der Waals surface area contributed by atoms with Crippen LogP contribution in [0.3, 0.4) is 0 Å². The van der Waals surface area contributed by atoms with Crippen LogP contribution in [-0.4, -0.2) is 50.4 Å². The molecule has 0 saturated heterocycles. The van der Waals surface area contributed by atoms with Gasteiger partial charge in [0.25, 0.3) is 0 Å². The van der Waals surface area contributed by atoms with Crippen molar-refractivity contribution in [3.05, 3.63) is 83.3 Å². The first kappa shape index (κ1) is 27.1. The highest BCUT2D eigenvalue weighted by Gasteiger charge is 2.27. The maximum atomic E-state index is 12.8. The minimum atomic E-state index is -0.926. The lowest BCUT2D eigenvalue weighted by Gasteiger charge is -2.12. The van der Waals surface area contributed by atoms with E-state index in [1.165, 1.54) is 0 Å². The van der Waals surface area contributed by atoms with Gasteiger partial charge in [-0.15, -0.1) is 0 Å². The van der Waals surface area contributed by atoms with E-state index in [-0.39, 0.29) is 6.61 Å². The van der Waals surface area contributed by atoms with Gasteiger partial charge in [0.05, 0.1) is 30.1 Å². The molecule has 0 amide bonds. The van der Waals surface area contributed by atoms with E-state index in [0.717, 1.165) is 68.3 Å². The first-order valence-corrected chi connectivity index (χ1v) is 14.3. The molecule has 0 spiro atoms. The van der Waals surface area contributed by atoms with Crippen LogP contribution < -0.4 is 4.74 Å². The number of carboxylic acids is 1. The summed E-state index contributed by atoms with van der Waals surface area (Å²) in [6.45, 7) is 2.02. The Balaban J connectivity index is 1.41. The summed E-state index contributed by atoms with van der Waals surface area (Å²) in [5, 5.41) is 28.2. The third-order valence-corrected chi connectivity index (χ3v) is 7.98. The Labute approximate surface area is 238 Å². The molecule has 0 atom stereocenters. The van der Waals surface area contributed by atoms with Crippen LogP contribution in [0, 0.1) is 0 Å². The predicted molar refractivity (Wildman–Crippen MR) is 159 cm³/mol. The molecular formula is C33H35N3O5. The van der Waals surface area contributed by atoms with Gasteiger partial charge in [0, 0.05) is 55.1 Å². The van der Waals surface area contributed by atoms with Gasteiger partial charge in [0.2, 0.25) is 0 Å². The third kappa shape index (κ3) is 5.09. The number of aryl methyl sites for hydroxylation is 3. The van der Waals surface area contributed by atoms with E-state index in [1.54, 1.807) is 0 Å². The third-order valence-electron chi connectivity index (χ3n) is 7.98. The topological polar surface area (TPSA) is 98.7 Å². The number of ether oxygens (including phenoxy) is 2. The Bertz CT molecular complexity index is 1710. The molecular weight excluding hydrogens is 518 g/mol. The van der Waals surface area contributed by atoms with Crippen molar-refractivity contribution in [2.24, 2.45) is 7.05 Å². The molecule has 8 heteroatoms. The fraction of sp³-hybridized carbons (Fsp3) is 0.333. The van der Waals surface area contributed by atoms with Crippen LogP contribution in [0.4, 0.5) is 0 Å². The normalized spacial score (nSPS) is 13.7. The van der Waals surface area contributed by atoms with Crippen molar-refractivity contribution in [1.82, 2.24) is 14.3 Å². The number of carbonyl (C=O) groups is 1. The molecule has 3 heterocycles. The summed E-state index contributed by atoms with van der Waals surface area (Å²) in [6.07, 6.45) is 3.29. The van der Waals surface area contributed by atoms with Crippen LogP contribution >= 0.6 is 0 Å². The molecule has 0 aliphatic carbocycles. The standard InChI is InChI=1S/C33H35N3O5/c1-35-28-21-40-19-5-4-17-36-31-24(12-7-13-26(31)30(28)27(34-35)16-18-37)25(32(36)33(38)39)14-8-20-41-29-15-6-10-22-9-2-3-11-23(22)29/h2-3,6-7,9-13,15,37H,4-5,8,14,16-21H2,1H3,(H,38,39). The summed E-state index contributed by atoms with van der Waals surface area (Å²) in [5.41, 5.74) is 5.65. The fourth-order valence-corrected chi connectivity index (χ4v) is 6.18. The maximum Gasteiger partial charge on any atom is 0.352 e. The number of nitrogens with zero attached hydrogens (tertiary/aromatic N) is 3. The van der Waals surface area contributed by atoms with Crippen molar-refractivity contribution in [2.45, 2.75) is 45.3 Å². The molecule has 0 unspecified atom stereocenters. The molecule has 5 aromatic rings. The average molecular weight is 554 g/mol. The summed E-state index contributed by atoms with van der Waals surface area (Å²) in [7, 11) is 1.89. The van der Waals surface area contributed by atoms with Gasteiger partial charge in [-0.25, -0.2) is 4.79 Å². The minimum absolute atomic E-state index is 0.0242. The molecule has 212 valence electrons. The van der Waals surface area contributed by atoms with Crippen molar-refractivity contribution in [1.29, 1.82) is 0 Å². The highest BCUT2D eigenvalue weighted by atomic mass is 16.5. The van der Waals surface area contributed by atoms with E-state index in [0.29, 0.717) is 51.3 Å². The van der Waals surface area contributed by atoms with Crippen molar-refractivity contribution in [3.63, 3.8) is 0 Å². The number of fused-ring (bicyclic) bond motifs is 3. The van der Waals surface area contributed by atoms with E-state index in [2.05, 4.69) is 18.2 Å². The van der Waals surface area contributed by atoms with Crippen molar-refractivity contribution in [3.8, 4) is 16.9 Å². The number of aliphatic hydroxyl groups is 1. The summed E-state index contributed by atoms with van der Waals surface area (Å²) in [5.74, 6) is -0.0892. The summed E-state index contributed by atoms with van der Waals surface area (Å²) in [6, 6.07) is 20.2. The van der Waals surface area contributed by atoms with Crippen LogP contribution in [0.15, 0.2) is 60.7 Å². The minimum Gasteiger partial charge on any atom is -0.493 e. The van der Waals surface area contributed by atoms with Gasteiger partial charge < -0.3 is 24.3 Å². The maximum absolute atomic E-state index is 12.8. The smallest absolute Gasteiger partial charge is 0.352 e.